The average Bonchev–Trinajstić information content (AvgIpc) is 3.39. The van der Waals surface area contributed by atoms with Crippen LogP contribution in [0, 0.1) is 5.92 Å². The van der Waals surface area contributed by atoms with Crippen LogP contribution in [0.3, 0.4) is 0 Å². The zero-order valence-corrected chi connectivity index (χ0v) is 22.2. The first kappa shape index (κ1) is 23.2. The van der Waals surface area contributed by atoms with Crippen LogP contribution in [0.4, 0.5) is 0 Å². The quantitative estimate of drug-likeness (QED) is 0.288. The Morgan fingerprint density at radius 2 is 1.52 bits per heavy atom. The predicted octanol–water partition coefficient (Wildman–Crippen LogP) is 7.94. The van der Waals surface area contributed by atoms with Gasteiger partial charge in [-0.15, -0.1) is 0 Å². The lowest BCUT2D eigenvalue weighted by atomic mass is 9.76. The molecule has 2 heterocycles. The van der Waals surface area contributed by atoms with E-state index >= 15 is 0 Å². The SMILES string of the molecule is ClC1=CC2C(=CC=C3Oc4cc(C5N=C(c6ccccc6)NC(c6ccc7ccccc7c6)=N5)ccc4C32)C=C1. The van der Waals surface area contributed by atoms with Gasteiger partial charge in [0.1, 0.15) is 23.2 Å². The standard InChI is InChI=1S/C35H24ClN3O/c36-27-15-12-22-14-17-30-32(29(22)20-27)28-16-13-26(19-31(28)40-30)35-38-33(23-7-2-1-3-8-23)37-34(39-35)25-11-10-21-6-4-5-9-24(21)18-25/h1-20,29,32,35H,(H,37,38,39). The number of halogens is 1. The summed E-state index contributed by atoms with van der Waals surface area (Å²) in [4.78, 5) is 10.2. The van der Waals surface area contributed by atoms with E-state index in [1.165, 1.54) is 21.9 Å². The van der Waals surface area contributed by atoms with Gasteiger partial charge in [0.2, 0.25) is 0 Å². The van der Waals surface area contributed by atoms with E-state index in [0.29, 0.717) is 0 Å². The topological polar surface area (TPSA) is 46.0 Å². The predicted molar refractivity (Wildman–Crippen MR) is 162 cm³/mol. The number of hydrogen-bond acceptors (Lipinski definition) is 4. The number of fused-ring (bicyclic) bond motifs is 6. The van der Waals surface area contributed by atoms with E-state index in [9.17, 15) is 0 Å². The first-order valence-corrected chi connectivity index (χ1v) is 13.8. The third-order valence-corrected chi connectivity index (χ3v) is 8.22. The van der Waals surface area contributed by atoms with Gasteiger partial charge < -0.3 is 10.1 Å². The number of nitrogens with zero attached hydrogens (tertiary/aromatic N) is 2. The Bertz CT molecular complexity index is 1880. The van der Waals surface area contributed by atoms with Crippen molar-refractivity contribution in [3.63, 3.8) is 0 Å². The molecule has 4 aromatic carbocycles. The highest BCUT2D eigenvalue weighted by molar-refractivity contribution is 6.31. The molecule has 40 heavy (non-hydrogen) atoms. The number of aliphatic imine (C=N–C) groups is 2. The van der Waals surface area contributed by atoms with Crippen molar-refractivity contribution in [1.29, 1.82) is 0 Å². The molecule has 0 aromatic heterocycles. The number of hydrogen-bond donors (Lipinski definition) is 1. The molecule has 2 aliphatic carbocycles. The molecular weight excluding hydrogens is 514 g/mol. The van der Waals surface area contributed by atoms with E-state index in [-0.39, 0.29) is 11.8 Å². The fourth-order valence-corrected chi connectivity index (χ4v) is 6.18. The highest BCUT2D eigenvalue weighted by Crippen LogP contribution is 2.51. The van der Waals surface area contributed by atoms with Crippen LogP contribution in [0.15, 0.2) is 148 Å². The Labute approximate surface area is 237 Å². The Kier molecular flexibility index (Phi) is 5.35. The van der Waals surface area contributed by atoms with Crippen LogP contribution >= 0.6 is 11.6 Å². The summed E-state index contributed by atoms with van der Waals surface area (Å²) in [6, 6.07) is 31.4. The van der Waals surface area contributed by atoms with Crippen LogP contribution < -0.4 is 10.1 Å². The minimum Gasteiger partial charge on any atom is -0.461 e. The molecule has 3 unspecified atom stereocenters. The molecular formula is C35H24ClN3O. The zero-order chi connectivity index (χ0) is 26.6. The number of allylic oxidation sites excluding steroid dienone is 8. The molecule has 4 nitrogen and oxygen atoms in total. The minimum atomic E-state index is -0.413. The summed E-state index contributed by atoms with van der Waals surface area (Å²) in [6.07, 6.45) is 9.98. The molecule has 0 amide bonds. The molecule has 192 valence electrons. The zero-order valence-electron chi connectivity index (χ0n) is 21.5. The van der Waals surface area contributed by atoms with Gasteiger partial charge in [0.05, 0.1) is 5.92 Å². The highest BCUT2D eigenvalue weighted by Gasteiger charge is 2.39. The molecule has 0 radical (unpaired) electrons. The number of benzene rings is 4. The lowest BCUT2D eigenvalue weighted by molar-refractivity contribution is 0.408. The van der Waals surface area contributed by atoms with Crippen LogP contribution in [0.2, 0.25) is 0 Å². The molecule has 4 aliphatic rings. The summed E-state index contributed by atoms with van der Waals surface area (Å²) in [5.74, 6) is 3.70. The Balaban J connectivity index is 1.20. The Hall–Kier alpha value is -4.67. The van der Waals surface area contributed by atoms with E-state index in [1.807, 2.05) is 24.3 Å². The normalized spacial score (nSPS) is 22.4. The number of amidine groups is 2. The van der Waals surface area contributed by atoms with Crippen LogP contribution in [0.5, 0.6) is 5.75 Å². The summed E-state index contributed by atoms with van der Waals surface area (Å²) in [5, 5.41) is 6.64. The third-order valence-electron chi connectivity index (χ3n) is 7.97. The van der Waals surface area contributed by atoms with Gasteiger partial charge in [-0.3, -0.25) is 0 Å². The second-order valence-corrected chi connectivity index (χ2v) is 10.8. The molecule has 0 saturated heterocycles. The van der Waals surface area contributed by atoms with Crippen molar-refractivity contribution in [2.45, 2.75) is 12.1 Å². The molecule has 4 aromatic rings. The average molecular weight is 538 g/mol. The maximum atomic E-state index is 6.41. The largest absolute Gasteiger partial charge is 0.461 e. The van der Waals surface area contributed by atoms with Gasteiger partial charge in [-0.2, -0.15) is 0 Å². The van der Waals surface area contributed by atoms with E-state index in [0.717, 1.165) is 44.9 Å². The molecule has 1 N–H and O–H groups in total. The van der Waals surface area contributed by atoms with Crippen molar-refractivity contribution in [2.75, 3.05) is 0 Å². The van der Waals surface area contributed by atoms with Gasteiger partial charge in [0.25, 0.3) is 0 Å². The van der Waals surface area contributed by atoms with Gasteiger partial charge in [-0.25, -0.2) is 9.98 Å². The number of nitrogens with one attached hydrogen (secondary N) is 1. The van der Waals surface area contributed by atoms with Gasteiger partial charge in [-0.1, -0.05) is 109 Å². The van der Waals surface area contributed by atoms with Crippen molar-refractivity contribution < 1.29 is 4.74 Å². The molecule has 0 saturated carbocycles. The summed E-state index contributed by atoms with van der Waals surface area (Å²) in [6.45, 7) is 0. The maximum absolute atomic E-state index is 6.41. The first-order valence-electron chi connectivity index (χ1n) is 13.5. The fraction of sp³-hybridized carbons (Fsp3) is 0.0857. The highest BCUT2D eigenvalue weighted by atomic mass is 35.5. The molecule has 2 aliphatic heterocycles. The Morgan fingerprint density at radius 1 is 0.725 bits per heavy atom. The van der Waals surface area contributed by atoms with Crippen molar-refractivity contribution >= 4 is 34.0 Å². The first-order chi connectivity index (χ1) is 19.7. The summed E-state index contributed by atoms with van der Waals surface area (Å²) >= 11 is 6.39. The third kappa shape index (κ3) is 3.92. The van der Waals surface area contributed by atoms with E-state index in [1.54, 1.807) is 0 Å². The number of ether oxygens (including phenoxy) is 1. The van der Waals surface area contributed by atoms with Gasteiger partial charge in [0, 0.05) is 33.2 Å². The van der Waals surface area contributed by atoms with E-state index < -0.39 is 6.17 Å². The van der Waals surface area contributed by atoms with Crippen molar-refractivity contribution in [3.05, 3.63) is 160 Å². The van der Waals surface area contributed by atoms with E-state index in [4.69, 9.17) is 26.3 Å². The summed E-state index contributed by atoms with van der Waals surface area (Å²) in [7, 11) is 0. The lowest BCUT2D eigenvalue weighted by Gasteiger charge is -2.27. The summed E-state index contributed by atoms with van der Waals surface area (Å²) in [5.41, 5.74) is 5.44. The molecule has 3 atom stereocenters. The van der Waals surface area contributed by atoms with Gasteiger partial charge in [0.15, 0.2) is 6.17 Å². The van der Waals surface area contributed by atoms with Gasteiger partial charge in [-0.05, 0) is 40.6 Å². The van der Waals surface area contributed by atoms with Crippen molar-refractivity contribution in [1.82, 2.24) is 5.32 Å². The Morgan fingerprint density at radius 3 is 2.40 bits per heavy atom. The second kappa shape index (κ2) is 9.22. The van der Waals surface area contributed by atoms with Crippen molar-refractivity contribution in [2.24, 2.45) is 15.9 Å². The molecule has 5 heteroatoms. The van der Waals surface area contributed by atoms with Crippen molar-refractivity contribution in [3.8, 4) is 5.75 Å². The van der Waals surface area contributed by atoms with Crippen LogP contribution in [0.25, 0.3) is 10.8 Å². The molecule has 8 rings (SSSR count). The van der Waals surface area contributed by atoms with Crippen LogP contribution in [-0.4, -0.2) is 11.7 Å². The van der Waals surface area contributed by atoms with Gasteiger partial charge >= 0.3 is 0 Å². The molecule has 0 fully saturated rings. The number of rotatable bonds is 3. The second-order valence-electron chi connectivity index (χ2n) is 10.4. The van der Waals surface area contributed by atoms with E-state index in [2.05, 4.69) is 102 Å². The van der Waals surface area contributed by atoms with Crippen LogP contribution in [-0.2, 0) is 0 Å². The summed E-state index contributed by atoms with van der Waals surface area (Å²) < 4.78 is 6.41. The maximum Gasteiger partial charge on any atom is 0.169 e. The monoisotopic (exact) mass is 537 g/mol. The lowest BCUT2D eigenvalue weighted by Crippen LogP contribution is -2.36. The van der Waals surface area contributed by atoms with Crippen LogP contribution in [0.1, 0.15) is 34.3 Å². The minimum absolute atomic E-state index is 0.121. The smallest absolute Gasteiger partial charge is 0.169 e. The molecule has 0 spiro atoms. The molecule has 0 bridgehead atoms. The fourth-order valence-electron chi connectivity index (χ4n) is 5.98.